The maximum Gasteiger partial charge on any atom is 0.408 e. The molecule has 176 valence electrons. The Labute approximate surface area is 190 Å². The van der Waals surface area contributed by atoms with Crippen molar-refractivity contribution in [2.45, 2.75) is 64.3 Å². The number of amides is 1. The number of carbonyl (C=O) groups excluding carboxylic acids is 1. The number of hydrogen-bond donors (Lipinski definition) is 3. The largest absolute Gasteiger partial charge is 0.445 e. The van der Waals surface area contributed by atoms with Crippen molar-refractivity contribution in [1.29, 1.82) is 0 Å². The van der Waals surface area contributed by atoms with Crippen LogP contribution in [0.1, 0.15) is 50.2 Å². The lowest BCUT2D eigenvalue weighted by Gasteiger charge is -2.25. The van der Waals surface area contributed by atoms with Crippen LogP contribution in [0.3, 0.4) is 0 Å². The van der Waals surface area contributed by atoms with E-state index in [9.17, 15) is 19.4 Å². The molecule has 8 heteroatoms. The second-order valence-corrected chi connectivity index (χ2v) is 10.3. The summed E-state index contributed by atoms with van der Waals surface area (Å²) in [5, 5.41) is 12.7. The van der Waals surface area contributed by atoms with Crippen molar-refractivity contribution in [2.75, 3.05) is 6.16 Å². The summed E-state index contributed by atoms with van der Waals surface area (Å²) in [5.41, 5.74) is 1.73. The van der Waals surface area contributed by atoms with Crippen molar-refractivity contribution >= 4 is 13.5 Å². The minimum Gasteiger partial charge on any atom is -0.445 e. The molecule has 3 unspecified atom stereocenters. The molecule has 0 radical (unpaired) electrons. The Bertz CT molecular complexity index is 833. The third kappa shape index (κ3) is 9.96. The van der Waals surface area contributed by atoms with Gasteiger partial charge in [-0.2, -0.15) is 0 Å². The van der Waals surface area contributed by atoms with Crippen LogP contribution in [-0.2, 0) is 27.3 Å². The Kier molecular flexibility index (Phi) is 11.5. The van der Waals surface area contributed by atoms with Gasteiger partial charge < -0.3 is 24.8 Å². The Balaban J connectivity index is 1.90. The molecular formula is C24H34NO6P. The van der Waals surface area contributed by atoms with E-state index in [0.29, 0.717) is 6.42 Å². The van der Waals surface area contributed by atoms with Gasteiger partial charge in [0.25, 0.3) is 0 Å². The summed E-state index contributed by atoms with van der Waals surface area (Å²) in [6, 6.07) is 18.6. The van der Waals surface area contributed by atoms with Crippen LogP contribution in [0.5, 0.6) is 0 Å². The van der Waals surface area contributed by atoms with Gasteiger partial charge in [0.15, 0.2) is 6.29 Å². The molecule has 2 aromatic carbocycles. The predicted molar refractivity (Wildman–Crippen MR) is 124 cm³/mol. The van der Waals surface area contributed by atoms with Gasteiger partial charge in [-0.25, -0.2) is 4.79 Å². The van der Waals surface area contributed by atoms with Crippen molar-refractivity contribution in [3.63, 3.8) is 0 Å². The summed E-state index contributed by atoms with van der Waals surface area (Å²) in [4.78, 5) is 22.9. The van der Waals surface area contributed by atoms with E-state index < -0.39 is 25.5 Å². The topological polar surface area (TPSA) is 105 Å². The van der Waals surface area contributed by atoms with E-state index in [1.807, 2.05) is 67.6 Å². The molecule has 0 aliphatic heterocycles. The fourth-order valence-electron chi connectivity index (χ4n) is 3.17. The zero-order valence-electron chi connectivity index (χ0n) is 18.6. The molecule has 0 saturated carbocycles. The van der Waals surface area contributed by atoms with Crippen LogP contribution >= 0.6 is 7.37 Å². The van der Waals surface area contributed by atoms with Crippen LogP contribution in [0.2, 0.25) is 0 Å². The molecule has 0 aliphatic carbocycles. The van der Waals surface area contributed by atoms with E-state index in [1.165, 1.54) is 0 Å². The molecule has 0 bridgehead atoms. The van der Waals surface area contributed by atoms with Crippen molar-refractivity contribution in [2.24, 2.45) is 0 Å². The lowest BCUT2D eigenvalue weighted by Crippen LogP contribution is -2.36. The molecule has 32 heavy (non-hydrogen) atoms. The van der Waals surface area contributed by atoms with Gasteiger partial charge in [-0.05, 0) is 24.0 Å². The molecule has 2 rings (SSSR count). The highest BCUT2D eigenvalue weighted by atomic mass is 31.2. The Morgan fingerprint density at radius 2 is 1.56 bits per heavy atom. The highest BCUT2D eigenvalue weighted by Gasteiger charge is 2.32. The maximum atomic E-state index is 13.0. The maximum absolute atomic E-state index is 13.0. The van der Waals surface area contributed by atoms with E-state index >= 15 is 0 Å². The number of rotatable bonds is 14. The molecule has 3 N–H and O–H groups in total. The standard InChI is InChI=1S/C24H34NO6P/c1-2-3-10-17-32(28,29)22(25-24(27)31-19-21-13-8-5-9-14-21)15-16-23(26)30-18-20-11-6-4-7-12-20/h4-9,11-14,22-23,26H,2-3,10,15-19H2,1H3,(H,25,27)(H,28,29). The predicted octanol–water partition coefficient (Wildman–Crippen LogP) is 5.01. The Morgan fingerprint density at radius 1 is 0.969 bits per heavy atom. The lowest BCUT2D eigenvalue weighted by atomic mass is 10.2. The van der Waals surface area contributed by atoms with E-state index in [0.717, 1.165) is 24.0 Å². The SMILES string of the molecule is CCCCCP(=O)(O)C(CCC(O)OCc1ccccc1)NC(=O)OCc1ccccc1. The average molecular weight is 464 g/mol. The van der Waals surface area contributed by atoms with Gasteiger partial charge in [-0.3, -0.25) is 4.57 Å². The highest BCUT2D eigenvalue weighted by molar-refractivity contribution is 7.58. The smallest absolute Gasteiger partial charge is 0.408 e. The van der Waals surface area contributed by atoms with Crippen LogP contribution in [-0.4, -0.2) is 34.3 Å². The first kappa shape index (κ1) is 26.1. The minimum atomic E-state index is -3.69. The molecule has 1 amide bonds. The molecule has 3 atom stereocenters. The van der Waals surface area contributed by atoms with Crippen molar-refractivity contribution in [3.05, 3.63) is 71.8 Å². The van der Waals surface area contributed by atoms with E-state index in [4.69, 9.17) is 9.47 Å². The van der Waals surface area contributed by atoms with Gasteiger partial charge in [-0.1, -0.05) is 80.4 Å². The third-order valence-corrected chi connectivity index (χ3v) is 7.36. The van der Waals surface area contributed by atoms with Crippen LogP contribution < -0.4 is 5.32 Å². The minimum absolute atomic E-state index is 0.0633. The number of carbonyl (C=O) groups is 1. The summed E-state index contributed by atoms with van der Waals surface area (Å²) < 4.78 is 23.6. The van der Waals surface area contributed by atoms with Gasteiger partial charge in [0, 0.05) is 12.6 Å². The third-order valence-electron chi connectivity index (χ3n) is 5.04. The zero-order chi connectivity index (χ0) is 23.2. The number of hydrogen-bond acceptors (Lipinski definition) is 5. The van der Waals surface area contributed by atoms with E-state index in [1.54, 1.807) is 0 Å². The Morgan fingerprint density at radius 3 is 2.16 bits per heavy atom. The van der Waals surface area contributed by atoms with Crippen LogP contribution in [0.15, 0.2) is 60.7 Å². The second kappa shape index (κ2) is 14.1. The second-order valence-electron chi connectivity index (χ2n) is 7.74. The van der Waals surface area contributed by atoms with Crippen LogP contribution in [0.4, 0.5) is 4.79 Å². The molecule has 0 aliphatic rings. The first-order valence-corrected chi connectivity index (χ1v) is 12.9. The van der Waals surface area contributed by atoms with Crippen LogP contribution in [0.25, 0.3) is 0 Å². The summed E-state index contributed by atoms with van der Waals surface area (Å²) in [7, 11) is -3.69. The summed E-state index contributed by atoms with van der Waals surface area (Å²) in [6.45, 7) is 2.31. The molecular weight excluding hydrogens is 429 g/mol. The first-order chi connectivity index (χ1) is 15.4. The molecule has 7 nitrogen and oxygen atoms in total. The molecule has 0 heterocycles. The number of aliphatic hydroxyl groups is 1. The molecule has 2 aromatic rings. The molecule has 0 spiro atoms. The fourth-order valence-corrected chi connectivity index (χ4v) is 5.02. The number of nitrogens with one attached hydrogen (secondary N) is 1. The molecule has 0 saturated heterocycles. The van der Waals surface area contributed by atoms with Gasteiger partial charge in [0.1, 0.15) is 12.4 Å². The normalized spacial score (nSPS) is 14.8. The monoisotopic (exact) mass is 463 g/mol. The zero-order valence-corrected chi connectivity index (χ0v) is 19.5. The van der Waals surface area contributed by atoms with Gasteiger partial charge in [0.2, 0.25) is 7.37 Å². The van der Waals surface area contributed by atoms with E-state index in [2.05, 4.69) is 5.32 Å². The molecule has 0 fully saturated rings. The van der Waals surface area contributed by atoms with Crippen molar-refractivity contribution < 1.29 is 28.8 Å². The van der Waals surface area contributed by atoms with Crippen LogP contribution in [0, 0.1) is 0 Å². The number of benzene rings is 2. The number of aliphatic hydroxyl groups excluding tert-OH is 1. The number of unbranched alkanes of at least 4 members (excludes halogenated alkanes) is 2. The first-order valence-electron chi connectivity index (χ1n) is 11.0. The lowest BCUT2D eigenvalue weighted by molar-refractivity contribution is -0.112. The fraction of sp³-hybridized carbons (Fsp3) is 0.458. The van der Waals surface area contributed by atoms with Crippen molar-refractivity contribution in [1.82, 2.24) is 5.32 Å². The number of ether oxygens (including phenoxy) is 2. The quantitative estimate of drug-likeness (QED) is 0.207. The number of alkyl carbamates (subject to hydrolysis) is 1. The molecule has 0 aromatic heterocycles. The summed E-state index contributed by atoms with van der Waals surface area (Å²) in [6.07, 6.45) is 0.770. The van der Waals surface area contributed by atoms with E-state index in [-0.39, 0.29) is 32.2 Å². The van der Waals surface area contributed by atoms with Gasteiger partial charge in [-0.15, -0.1) is 0 Å². The Hall–Kier alpha value is -2.18. The average Bonchev–Trinajstić information content (AvgIpc) is 2.80. The summed E-state index contributed by atoms with van der Waals surface area (Å²) >= 11 is 0. The van der Waals surface area contributed by atoms with Crippen molar-refractivity contribution in [3.8, 4) is 0 Å². The van der Waals surface area contributed by atoms with Gasteiger partial charge in [0.05, 0.1) is 6.61 Å². The van der Waals surface area contributed by atoms with Gasteiger partial charge >= 0.3 is 6.09 Å². The highest BCUT2D eigenvalue weighted by Crippen LogP contribution is 2.48. The summed E-state index contributed by atoms with van der Waals surface area (Å²) in [5.74, 6) is -1.02.